The zero-order valence-electron chi connectivity index (χ0n) is 12.3. The molecule has 116 valence electrons. The lowest BCUT2D eigenvalue weighted by molar-refractivity contribution is -0.148. The molecule has 0 radical (unpaired) electrons. The second-order valence-corrected chi connectivity index (χ2v) is 6.14. The Labute approximate surface area is 133 Å². The molecule has 0 spiro atoms. The maximum absolute atomic E-state index is 11.8. The summed E-state index contributed by atoms with van der Waals surface area (Å²) in [5.41, 5.74) is 0.969. The van der Waals surface area contributed by atoms with Crippen LogP contribution >= 0.6 is 11.5 Å². The number of hydrogen-bond acceptors (Lipinski definition) is 6. The number of aromatic nitrogens is 2. The zero-order chi connectivity index (χ0) is 15.2. The van der Waals surface area contributed by atoms with Crippen molar-refractivity contribution < 1.29 is 9.53 Å². The standard InChI is InChI=1S/C16H19N3O2S/c20-14(21-13-9-5-2-6-10-13)11-17-16-18-15(19-22-16)12-7-3-1-4-8-12/h1,3-4,7-8,13H,2,5-6,9-11H2,(H,17,18,19). The van der Waals surface area contributed by atoms with E-state index in [1.807, 2.05) is 30.3 Å². The van der Waals surface area contributed by atoms with Crippen LogP contribution in [0.2, 0.25) is 0 Å². The number of hydrogen-bond donors (Lipinski definition) is 1. The zero-order valence-corrected chi connectivity index (χ0v) is 13.1. The second kappa shape index (κ2) is 7.35. The molecular formula is C16H19N3O2S. The van der Waals surface area contributed by atoms with Gasteiger partial charge in [0.15, 0.2) is 5.82 Å². The molecule has 1 fully saturated rings. The molecular weight excluding hydrogens is 298 g/mol. The molecule has 0 atom stereocenters. The Balaban J connectivity index is 1.49. The van der Waals surface area contributed by atoms with E-state index in [9.17, 15) is 4.79 Å². The van der Waals surface area contributed by atoms with Gasteiger partial charge in [-0.05, 0) is 25.7 Å². The Morgan fingerprint density at radius 3 is 2.77 bits per heavy atom. The van der Waals surface area contributed by atoms with Gasteiger partial charge in [0.05, 0.1) is 0 Å². The van der Waals surface area contributed by atoms with Crippen molar-refractivity contribution in [3.63, 3.8) is 0 Å². The average Bonchev–Trinajstić information content (AvgIpc) is 3.04. The van der Waals surface area contributed by atoms with E-state index in [1.54, 1.807) is 0 Å². The van der Waals surface area contributed by atoms with E-state index in [0.29, 0.717) is 11.0 Å². The average molecular weight is 317 g/mol. The molecule has 1 aliphatic rings. The van der Waals surface area contributed by atoms with E-state index in [0.717, 1.165) is 31.2 Å². The number of carbonyl (C=O) groups excluding carboxylic acids is 1. The summed E-state index contributed by atoms with van der Waals surface area (Å²) in [5.74, 6) is 0.456. The van der Waals surface area contributed by atoms with Crippen LogP contribution in [-0.2, 0) is 9.53 Å². The lowest BCUT2D eigenvalue weighted by atomic mass is 9.98. The number of rotatable bonds is 5. The normalized spacial score (nSPS) is 15.5. The Hall–Kier alpha value is -1.95. The number of anilines is 1. The molecule has 1 aromatic heterocycles. The minimum atomic E-state index is -0.219. The van der Waals surface area contributed by atoms with E-state index >= 15 is 0 Å². The molecule has 0 amide bonds. The molecule has 0 aliphatic heterocycles. The first-order valence-corrected chi connectivity index (χ1v) is 8.41. The van der Waals surface area contributed by atoms with Crippen molar-refractivity contribution in [3.05, 3.63) is 30.3 Å². The largest absolute Gasteiger partial charge is 0.461 e. The predicted octanol–water partition coefficient (Wildman–Crippen LogP) is 3.49. The summed E-state index contributed by atoms with van der Waals surface area (Å²) in [5, 5.41) is 3.63. The minimum Gasteiger partial charge on any atom is -0.461 e. The predicted molar refractivity (Wildman–Crippen MR) is 86.8 cm³/mol. The number of carbonyl (C=O) groups is 1. The third-order valence-corrected chi connectivity index (χ3v) is 4.37. The van der Waals surface area contributed by atoms with Gasteiger partial charge in [-0.2, -0.15) is 9.36 Å². The van der Waals surface area contributed by atoms with Crippen LogP contribution in [0, 0.1) is 0 Å². The summed E-state index contributed by atoms with van der Waals surface area (Å²) in [4.78, 5) is 16.2. The first-order chi connectivity index (χ1) is 10.8. The fourth-order valence-corrected chi connectivity index (χ4v) is 3.14. The number of ether oxygens (including phenoxy) is 1. The molecule has 1 aliphatic carbocycles. The highest BCUT2D eigenvalue weighted by Gasteiger charge is 2.17. The SMILES string of the molecule is O=C(CNc1nc(-c2ccccc2)ns1)OC1CCCCC1. The molecule has 1 aromatic carbocycles. The van der Waals surface area contributed by atoms with Gasteiger partial charge >= 0.3 is 5.97 Å². The van der Waals surface area contributed by atoms with E-state index in [1.165, 1.54) is 18.0 Å². The van der Waals surface area contributed by atoms with Crippen molar-refractivity contribution in [1.82, 2.24) is 9.36 Å². The molecule has 2 aromatic rings. The number of esters is 1. The fraction of sp³-hybridized carbons (Fsp3) is 0.438. The molecule has 1 heterocycles. The van der Waals surface area contributed by atoms with E-state index in [-0.39, 0.29) is 18.6 Å². The maximum atomic E-state index is 11.8. The van der Waals surface area contributed by atoms with E-state index in [4.69, 9.17) is 4.74 Å². The molecule has 6 heteroatoms. The second-order valence-electron chi connectivity index (χ2n) is 5.39. The number of benzene rings is 1. The third-order valence-electron chi connectivity index (χ3n) is 3.69. The topological polar surface area (TPSA) is 64.1 Å². The Bertz CT molecular complexity index is 609. The van der Waals surface area contributed by atoms with Crippen molar-refractivity contribution in [3.8, 4) is 11.4 Å². The van der Waals surface area contributed by atoms with Gasteiger partial charge in [-0.15, -0.1) is 0 Å². The van der Waals surface area contributed by atoms with E-state index < -0.39 is 0 Å². The minimum absolute atomic E-state index is 0.0948. The van der Waals surface area contributed by atoms with Gasteiger partial charge in [0.1, 0.15) is 12.6 Å². The van der Waals surface area contributed by atoms with Gasteiger partial charge in [0, 0.05) is 17.1 Å². The highest BCUT2D eigenvalue weighted by atomic mass is 32.1. The number of nitrogens with one attached hydrogen (secondary N) is 1. The van der Waals surface area contributed by atoms with Crippen molar-refractivity contribution in [2.75, 3.05) is 11.9 Å². The van der Waals surface area contributed by atoms with Gasteiger partial charge < -0.3 is 10.1 Å². The lowest BCUT2D eigenvalue weighted by Crippen LogP contribution is -2.25. The Kier molecular flexibility index (Phi) is 5.00. The van der Waals surface area contributed by atoms with E-state index in [2.05, 4.69) is 14.7 Å². The summed E-state index contributed by atoms with van der Waals surface area (Å²) in [6.45, 7) is 0.139. The Morgan fingerprint density at radius 2 is 2.00 bits per heavy atom. The highest BCUT2D eigenvalue weighted by Crippen LogP contribution is 2.22. The molecule has 0 unspecified atom stereocenters. The first kappa shape index (κ1) is 15.0. The summed E-state index contributed by atoms with van der Waals surface area (Å²) < 4.78 is 9.76. The summed E-state index contributed by atoms with van der Waals surface area (Å²) in [6, 6.07) is 9.78. The van der Waals surface area contributed by atoms with Crippen LogP contribution in [0.3, 0.4) is 0 Å². The van der Waals surface area contributed by atoms with Crippen molar-refractivity contribution in [1.29, 1.82) is 0 Å². The summed E-state index contributed by atoms with van der Waals surface area (Å²) in [6.07, 6.45) is 5.63. The van der Waals surface area contributed by atoms with Crippen molar-refractivity contribution >= 4 is 22.6 Å². The molecule has 0 bridgehead atoms. The smallest absolute Gasteiger partial charge is 0.325 e. The van der Waals surface area contributed by atoms with Crippen molar-refractivity contribution in [2.24, 2.45) is 0 Å². The van der Waals surface area contributed by atoms with Crippen LogP contribution in [0.4, 0.5) is 5.13 Å². The van der Waals surface area contributed by atoms with Crippen LogP contribution in [0.5, 0.6) is 0 Å². The van der Waals surface area contributed by atoms with Crippen LogP contribution in [0.25, 0.3) is 11.4 Å². The summed E-state index contributed by atoms with van der Waals surface area (Å²) >= 11 is 1.25. The molecule has 1 N–H and O–H groups in total. The molecule has 22 heavy (non-hydrogen) atoms. The van der Waals surface area contributed by atoms with Crippen molar-refractivity contribution in [2.45, 2.75) is 38.2 Å². The fourth-order valence-electron chi connectivity index (χ4n) is 2.56. The Morgan fingerprint density at radius 1 is 1.23 bits per heavy atom. The number of nitrogens with zero attached hydrogens (tertiary/aromatic N) is 2. The van der Waals surface area contributed by atoms with Crippen LogP contribution in [0.15, 0.2) is 30.3 Å². The molecule has 0 saturated heterocycles. The molecule has 1 saturated carbocycles. The van der Waals surface area contributed by atoms with Crippen LogP contribution < -0.4 is 5.32 Å². The van der Waals surface area contributed by atoms with Crippen LogP contribution in [0.1, 0.15) is 32.1 Å². The quantitative estimate of drug-likeness (QED) is 0.855. The maximum Gasteiger partial charge on any atom is 0.325 e. The van der Waals surface area contributed by atoms with Crippen LogP contribution in [-0.4, -0.2) is 28.0 Å². The van der Waals surface area contributed by atoms with Gasteiger partial charge in [-0.25, -0.2) is 0 Å². The van der Waals surface area contributed by atoms with Gasteiger partial charge in [-0.1, -0.05) is 36.8 Å². The monoisotopic (exact) mass is 317 g/mol. The molecule has 3 rings (SSSR count). The molecule has 5 nitrogen and oxygen atoms in total. The first-order valence-electron chi connectivity index (χ1n) is 7.64. The van der Waals surface area contributed by atoms with Gasteiger partial charge in [0.2, 0.25) is 5.13 Å². The lowest BCUT2D eigenvalue weighted by Gasteiger charge is -2.21. The summed E-state index contributed by atoms with van der Waals surface area (Å²) in [7, 11) is 0. The van der Waals surface area contributed by atoms with Gasteiger partial charge in [0.25, 0.3) is 0 Å². The third kappa shape index (κ3) is 4.04. The highest BCUT2D eigenvalue weighted by molar-refractivity contribution is 7.09. The van der Waals surface area contributed by atoms with Gasteiger partial charge in [-0.3, -0.25) is 4.79 Å².